The van der Waals surface area contributed by atoms with Crippen molar-refractivity contribution in [2.45, 2.75) is 6.92 Å². The van der Waals surface area contributed by atoms with Crippen LogP contribution in [0.15, 0.2) is 24.3 Å². The molecule has 0 aliphatic carbocycles. The van der Waals surface area contributed by atoms with E-state index in [1.165, 1.54) is 18.2 Å². The fourth-order valence-corrected chi connectivity index (χ4v) is 2.31. The molecule has 2 aromatic rings. The highest BCUT2D eigenvalue weighted by Gasteiger charge is 2.13. The third-order valence-corrected chi connectivity index (χ3v) is 3.81. The highest BCUT2D eigenvalue weighted by molar-refractivity contribution is 6.36. The number of rotatable bonds is 5. The normalized spacial score (nSPS) is 10.3. The maximum Gasteiger partial charge on any atom is 0.271 e. The minimum Gasteiger partial charge on any atom is -0.482 e. The number of nitro groups is 1. The van der Waals surface area contributed by atoms with Gasteiger partial charge in [-0.05, 0) is 19.1 Å². The molecule has 1 heterocycles. The monoisotopic (exact) mass is 389 g/mol. The van der Waals surface area contributed by atoms with Crippen molar-refractivity contribution in [2.24, 2.45) is 0 Å². The van der Waals surface area contributed by atoms with Gasteiger partial charge in [0.1, 0.15) is 5.75 Å². The van der Waals surface area contributed by atoms with Gasteiger partial charge in [-0.25, -0.2) is 4.98 Å². The average Bonchev–Trinajstić information content (AvgIpc) is 2.51. The Labute approximate surface area is 151 Å². The lowest BCUT2D eigenvalue weighted by Gasteiger charge is -2.10. The molecule has 0 unspecified atom stereocenters. The van der Waals surface area contributed by atoms with E-state index in [0.717, 1.165) is 6.07 Å². The molecule has 0 fully saturated rings. The number of non-ortho nitro benzene ring substituents is 1. The molecule has 0 spiro atoms. The van der Waals surface area contributed by atoms with Crippen molar-refractivity contribution >= 4 is 52.2 Å². The molecule has 126 valence electrons. The van der Waals surface area contributed by atoms with Crippen LogP contribution in [0.5, 0.6) is 5.75 Å². The number of carbonyl (C=O) groups is 1. The summed E-state index contributed by atoms with van der Waals surface area (Å²) in [5, 5.41) is 13.7. The van der Waals surface area contributed by atoms with Crippen LogP contribution in [0.2, 0.25) is 15.1 Å². The Morgan fingerprint density at radius 3 is 2.58 bits per heavy atom. The van der Waals surface area contributed by atoms with E-state index in [2.05, 4.69) is 10.3 Å². The minimum absolute atomic E-state index is 0.0236. The molecule has 24 heavy (non-hydrogen) atoms. The number of nitrogens with zero attached hydrogens (tertiary/aromatic N) is 2. The molecule has 0 radical (unpaired) electrons. The Bertz CT molecular complexity index is 814. The Morgan fingerprint density at radius 2 is 1.96 bits per heavy atom. The zero-order valence-electron chi connectivity index (χ0n) is 12.2. The molecule has 1 N–H and O–H groups in total. The van der Waals surface area contributed by atoms with Gasteiger partial charge in [0, 0.05) is 12.1 Å². The van der Waals surface area contributed by atoms with E-state index in [1.54, 1.807) is 6.92 Å². The van der Waals surface area contributed by atoms with Crippen molar-refractivity contribution in [3.63, 3.8) is 0 Å². The standard InChI is InChI=1S/C14H10Cl3N3O4/c1-7-9(15)5-11(17)14(18-7)19-13(21)6-24-12-3-2-8(20(22)23)4-10(12)16/h2-5H,6H2,1H3,(H,18,19,21). The van der Waals surface area contributed by atoms with Crippen LogP contribution in [0.3, 0.4) is 0 Å². The number of halogens is 3. The van der Waals surface area contributed by atoms with Crippen LogP contribution in [0.1, 0.15) is 5.69 Å². The fourth-order valence-electron chi connectivity index (χ4n) is 1.68. The van der Waals surface area contributed by atoms with Crippen LogP contribution < -0.4 is 10.1 Å². The number of anilines is 1. The molecule has 0 saturated carbocycles. The first-order valence-corrected chi connectivity index (χ1v) is 7.60. The summed E-state index contributed by atoms with van der Waals surface area (Å²) in [7, 11) is 0. The van der Waals surface area contributed by atoms with Crippen molar-refractivity contribution < 1.29 is 14.5 Å². The molecule has 0 atom stereocenters. The number of nitrogens with one attached hydrogen (secondary N) is 1. The van der Waals surface area contributed by atoms with Gasteiger partial charge in [0.15, 0.2) is 12.4 Å². The molecule has 1 aromatic carbocycles. The summed E-state index contributed by atoms with van der Waals surface area (Å²) in [4.78, 5) is 26.0. The molecule has 0 bridgehead atoms. The van der Waals surface area contributed by atoms with Crippen LogP contribution in [0, 0.1) is 17.0 Å². The zero-order valence-corrected chi connectivity index (χ0v) is 14.4. The summed E-state index contributed by atoms with van der Waals surface area (Å²) >= 11 is 17.7. The number of amides is 1. The maximum absolute atomic E-state index is 11.9. The van der Waals surface area contributed by atoms with E-state index in [1.807, 2.05) is 0 Å². The van der Waals surface area contributed by atoms with Crippen LogP contribution >= 0.6 is 34.8 Å². The third-order valence-electron chi connectivity index (χ3n) is 2.85. The second-order valence-corrected chi connectivity index (χ2v) is 5.82. The van der Waals surface area contributed by atoms with E-state index >= 15 is 0 Å². The van der Waals surface area contributed by atoms with E-state index in [0.29, 0.717) is 10.7 Å². The second kappa shape index (κ2) is 7.65. The SMILES string of the molecule is Cc1nc(NC(=O)COc2ccc([N+](=O)[O-])cc2Cl)c(Cl)cc1Cl. The van der Waals surface area contributed by atoms with Crippen molar-refractivity contribution in [1.82, 2.24) is 4.98 Å². The molecular formula is C14H10Cl3N3O4. The lowest BCUT2D eigenvalue weighted by molar-refractivity contribution is -0.384. The number of aromatic nitrogens is 1. The highest BCUT2D eigenvalue weighted by Crippen LogP contribution is 2.29. The summed E-state index contributed by atoms with van der Waals surface area (Å²) in [6.45, 7) is 1.29. The number of ether oxygens (including phenoxy) is 1. The van der Waals surface area contributed by atoms with Gasteiger partial charge >= 0.3 is 0 Å². The Balaban J connectivity index is 2.01. The predicted molar refractivity (Wildman–Crippen MR) is 91.2 cm³/mol. The van der Waals surface area contributed by atoms with Crippen LogP contribution in [0.25, 0.3) is 0 Å². The molecule has 7 nitrogen and oxygen atoms in total. The first-order valence-electron chi connectivity index (χ1n) is 6.47. The Kier molecular flexibility index (Phi) is 5.82. The molecule has 0 saturated heterocycles. The summed E-state index contributed by atoms with van der Waals surface area (Å²) in [6.07, 6.45) is 0. The van der Waals surface area contributed by atoms with Crippen LogP contribution in [0.4, 0.5) is 11.5 Å². The predicted octanol–water partition coefficient (Wildman–Crippen LogP) is 4.28. The first kappa shape index (κ1) is 18.3. The number of aryl methyl sites for hydroxylation is 1. The number of benzene rings is 1. The minimum atomic E-state index is -0.584. The van der Waals surface area contributed by atoms with Crippen LogP contribution in [-0.2, 0) is 4.79 Å². The van der Waals surface area contributed by atoms with E-state index in [9.17, 15) is 14.9 Å². The number of hydrogen-bond acceptors (Lipinski definition) is 5. The number of pyridine rings is 1. The molecule has 2 rings (SSSR count). The molecule has 1 amide bonds. The molecule has 10 heteroatoms. The molecule has 0 aliphatic rings. The number of hydrogen-bond donors (Lipinski definition) is 1. The van der Waals surface area contributed by atoms with Gasteiger partial charge in [-0.3, -0.25) is 14.9 Å². The highest BCUT2D eigenvalue weighted by atomic mass is 35.5. The van der Waals surface area contributed by atoms with Gasteiger partial charge in [-0.2, -0.15) is 0 Å². The molecular weight excluding hydrogens is 381 g/mol. The van der Waals surface area contributed by atoms with Gasteiger partial charge in [0.05, 0.1) is 25.7 Å². The Hall–Kier alpha value is -2.09. The van der Waals surface area contributed by atoms with Gasteiger partial charge < -0.3 is 10.1 Å². The summed E-state index contributed by atoms with van der Waals surface area (Å²) in [6, 6.07) is 5.14. The summed E-state index contributed by atoms with van der Waals surface area (Å²) in [5.41, 5.74) is 0.333. The maximum atomic E-state index is 11.9. The largest absolute Gasteiger partial charge is 0.482 e. The zero-order chi connectivity index (χ0) is 17.9. The Morgan fingerprint density at radius 1 is 1.25 bits per heavy atom. The van der Waals surface area contributed by atoms with Crippen molar-refractivity contribution in [1.29, 1.82) is 0 Å². The number of nitro benzene ring substituents is 1. The smallest absolute Gasteiger partial charge is 0.271 e. The van der Waals surface area contributed by atoms with Crippen molar-refractivity contribution in [2.75, 3.05) is 11.9 Å². The van der Waals surface area contributed by atoms with E-state index in [-0.39, 0.29) is 33.9 Å². The molecule has 1 aromatic heterocycles. The van der Waals surface area contributed by atoms with Crippen LogP contribution in [-0.4, -0.2) is 22.4 Å². The lowest BCUT2D eigenvalue weighted by Crippen LogP contribution is -2.21. The van der Waals surface area contributed by atoms with Gasteiger partial charge in [-0.1, -0.05) is 34.8 Å². The van der Waals surface area contributed by atoms with Crippen molar-refractivity contribution in [3.05, 3.63) is 55.1 Å². The van der Waals surface area contributed by atoms with Gasteiger partial charge in [0.25, 0.3) is 11.6 Å². The molecule has 0 aliphatic heterocycles. The summed E-state index contributed by atoms with van der Waals surface area (Å²) in [5.74, 6) is -0.230. The fraction of sp³-hybridized carbons (Fsp3) is 0.143. The average molecular weight is 391 g/mol. The summed E-state index contributed by atoms with van der Waals surface area (Å²) < 4.78 is 5.24. The third kappa shape index (κ3) is 4.47. The van der Waals surface area contributed by atoms with Gasteiger partial charge in [-0.15, -0.1) is 0 Å². The first-order chi connectivity index (χ1) is 11.3. The number of carbonyl (C=O) groups excluding carboxylic acids is 1. The second-order valence-electron chi connectivity index (χ2n) is 4.59. The quantitative estimate of drug-likeness (QED) is 0.607. The van der Waals surface area contributed by atoms with Gasteiger partial charge in [0.2, 0.25) is 0 Å². The van der Waals surface area contributed by atoms with E-state index in [4.69, 9.17) is 39.5 Å². The van der Waals surface area contributed by atoms with E-state index < -0.39 is 10.8 Å². The lowest BCUT2D eigenvalue weighted by atomic mass is 10.3. The topological polar surface area (TPSA) is 94.4 Å². The van der Waals surface area contributed by atoms with Crippen molar-refractivity contribution in [3.8, 4) is 5.75 Å².